The first-order chi connectivity index (χ1) is 10.9. The van der Waals surface area contributed by atoms with Crippen molar-refractivity contribution >= 4 is 16.9 Å². The van der Waals surface area contributed by atoms with Crippen LogP contribution in [0.3, 0.4) is 0 Å². The maximum atomic E-state index is 12.2. The third-order valence-electron chi connectivity index (χ3n) is 3.87. The topological polar surface area (TPSA) is 68.5 Å². The van der Waals surface area contributed by atoms with Gasteiger partial charge >= 0.3 is 5.63 Å². The average molecular weight is 317 g/mol. The number of rotatable bonds is 6. The van der Waals surface area contributed by atoms with Crippen molar-refractivity contribution in [3.05, 3.63) is 45.3 Å². The zero-order chi connectivity index (χ0) is 17.0. The van der Waals surface area contributed by atoms with Crippen molar-refractivity contribution in [2.75, 3.05) is 13.7 Å². The van der Waals surface area contributed by atoms with E-state index in [-0.39, 0.29) is 24.0 Å². The number of fused-ring (bicyclic) bond motifs is 1. The Morgan fingerprint density at radius 1 is 1.35 bits per heavy atom. The lowest BCUT2D eigenvalue weighted by molar-refractivity contribution is -0.122. The third-order valence-corrected chi connectivity index (χ3v) is 3.87. The molecule has 1 heterocycles. The predicted molar refractivity (Wildman–Crippen MR) is 89.8 cm³/mol. The number of aryl methyl sites for hydroxylation is 2. The maximum absolute atomic E-state index is 12.2. The average Bonchev–Trinajstić information content (AvgIpc) is 2.46. The third kappa shape index (κ3) is 4.20. The van der Waals surface area contributed by atoms with Crippen molar-refractivity contribution < 1.29 is 13.9 Å². The van der Waals surface area contributed by atoms with Crippen LogP contribution >= 0.6 is 0 Å². The largest absolute Gasteiger partial charge is 0.423 e. The molecule has 1 unspecified atom stereocenters. The van der Waals surface area contributed by atoms with E-state index in [1.807, 2.05) is 39.0 Å². The molecule has 0 aliphatic carbocycles. The Morgan fingerprint density at radius 3 is 2.78 bits per heavy atom. The molecule has 0 saturated heterocycles. The number of hydrogen-bond donors (Lipinski definition) is 1. The first-order valence-corrected chi connectivity index (χ1v) is 7.73. The molecular formula is C18H23NO4. The van der Waals surface area contributed by atoms with E-state index in [1.54, 1.807) is 7.11 Å². The molecule has 0 aliphatic heterocycles. The second kappa shape index (κ2) is 7.42. The van der Waals surface area contributed by atoms with Crippen LogP contribution in [0, 0.1) is 13.8 Å². The number of carbonyl (C=O) groups is 1. The molecule has 1 atom stereocenters. The summed E-state index contributed by atoms with van der Waals surface area (Å²) in [5.41, 5.74) is 2.72. The van der Waals surface area contributed by atoms with E-state index in [2.05, 4.69) is 5.32 Å². The number of amides is 1. The first kappa shape index (κ1) is 17.2. The molecule has 0 fully saturated rings. The highest BCUT2D eigenvalue weighted by Gasteiger charge is 2.14. The molecule has 2 aromatic rings. The summed E-state index contributed by atoms with van der Waals surface area (Å²) in [4.78, 5) is 24.1. The highest BCUT2D eigenvalue weighted by molar-refractivity contribution is 5.82. The molecule has 124 valence electrons. The summed E-state index contributed by atoms with van der Waals surface area (Å²) in [5.74, 6) is -0.0997. The van der Waals surface area contributed by atoms with Crippen molar-refractivity contribution in [2.45, 2.75) is 39.7 Å². The SMILES string of the molecule is COCC(C)NC(=O)CCc1c(C)c2ccc(C)cc2oc1=O. The van der Waals surface area contributed by atoms with Crippen LogP contribution in [0.4, 0.5) is 0 Å². The van der Waals surface area contributed by atoms with Gasteiger partial charge < -0.3 is 14.5 Å². The maximum Gasteiger partial charge on any atom is 0.339 e. The normalized spacial score (nSPS) is 12.3. The Bertz CT molecular complexity index is 763. The Kier molecular flexibility index (Phi) is 5.55. The van der Waals surface area contributed by atoms with Gasteiger partial charge in [0.05, 0.1) is 6.61 Å². The minimum Gasteiger partial charge on any atom is -0.423 e. The molecule has 5 nitrogen and oxygen atoms in total. The predicted octanol–water partition coefficient (Wildman–Crippen LogP) is 2.49. The van der Waals surface area contributed by atoms with Crippen molar-refractivity contribution in [1.29, 1.82) is 0 Å². The minimum atomic E-state index is -0.363. The van der Waals surface area contributed by atoms with Crippen LogP contribution in [0.5, 0.6) is 0 Å². The van der Waals surface area contributed by atoms with Crippen molar-refractivity contribution in [2.24, 2.45) is 0 Å². The highest BCUT2D eigenvalue weighted by Crippen LogP contribution is 2.21. The van der Waals surface area contributed by atoms with Gasteiger partial charge in [0.2, 0.25) is 5.91 Å². The Labute approximate surface area is 135 Å². The zero-order valence-electron chi connectivity index (χ0n) is 14.1. The summed E-state index contributed by atoms with van der Waals surface area (Å²) in [6.07, 6.45) is 0.612. The molecule has 5 heteroatoms. The molecule has 0 radical (unpaired) electrons. The number of ether oxygens (including phenoxy) is 1. The van der Waals surface area contributed by atoms with E-state index < -0.39 is 0 Å². The van der Waals surface area contributed by atoms with Gasteiger partial charge in [-0.1, -0.05) is 12.1 Å². The summed E-state index contributed by atoms with van der Waals surface area (Å²) in [6.45, 7) is 6.19. The minimum absolute atomic E-state index is 0.0513. The molecule has 0 aliphatic rings. The van der Waals surface area contributed by atoms with Gasteiger partial charge in [-0.05, 0) is 44.4 Å². The number of carbonyl (C=O) groups excluding carboxylic acids is 1. The van der Waals surface area contributed by atoms with E-state index in [1.165, 1.54) is 0 Å². The van der Waals surface area contributed by atoms with Crippen LogP contribution in [-0.4, -0.2) is 25.7 Å². The summed E-state index contributed by atoms with van der Waals surface area (Å²) < 4.78 is 10.4. The fourth-order valence-electron chi connectivity index (χ4n) is 2.67. The number of benzene rings is 1. The lowest BCUT2D eigenvalue weighted by Crippen LogP contribution is -2.35. The summed E-state index contributed by atoms with van der Waals surface area (Å²) in [5, 5.41) is 3.75. The second-order valence-electron chi connectivity index (χ2n) is 5.92. The molecule has 1 N–H and O–H groups in total. The van der Waals surface area contributed by atoms with Gasteiger partial charge in [0, 0.05) is 30.5 Å². The van der Waals surface area contributed by atoms with Crippen LogP contribution in [0.1, 0.15) is 30.0 Å². The molecule has 1 amide bonds. The summed E-state index contributed by atoms with van der Waals surface area (Å²) in [6, 6.07) is 5.74. The fraction of sp³-hybridized carbons (Fsp3) is 0.444. The monoisotopic (exact) mass is 317 g/mol. The van der Waals surface area contributed by atoms with Crippen molar-refractivity contribution in [1.82, 2.24) is 5.32 Å². The highest BCUT2D eigenvalue weighted by atomic mass is 16.5. The van der Waals surface area contributed by atoms with Gasteiger partial charge in [0.25, 0.3) is 0 Å². The lowest BCUT2D eigenvalue weighted by atomic mass is 10.0. The van der Waals surface area contributed by atoms with Crippen LogP contribution in [0.25, 0.3) is 11.0 Å². The Hall–Kier alpha value is -2.14. The molecule has 1 aromatic heterocycles. The van der Waals surface area contributed by atoms with Gasteiger partial charge in [-0.3, -0.25) is 4.79 Å². The van der Waals surface area contributed by atoms with E-state index in [0.717, 1.165) is 16.5 Å². The Balaban J connectivity index is 2.16. The van der Waals surface area contributed by atoms with Crippen LogP contribution in [-0.2, 0) is 16.0 Å². The number of hydrogen-bond acceptors (Lipinski definition) is 4. The summed E-state index contributed by atoms with van der Waals surface area (Å²) >= 11 is 0. The van der Waals surface area contributed by atoms with Gasteiger partial charge in [-0.25, -0.2) is 4.79 Å². The molecule has 0 spiro atoms. The van der Waals surface area contributed by atoms with Crippen LogP contribution < -0.4 is 10.9 Å². The molecule has 2 rings (SSSR count). The molecule has 1 aromatic carbocycles. The van der Waals surface area contributed by atoms with Crippen LogP contribution in [0.2, 0.25) is 0 Å². The molecule has 0 saturated carbocycles. The van der Waals surface area contributed by atoms with Crippen molar-refractivity contribution in [3.8, 4) is 0 Å². The lowest BCUT2D eigenvalue weighted by Gasteiger charge is -2.13. The van der Waals surface area contributed by atoms with E-state index in [4.69, 9.17) is 9.15 Å². The van der Waals surface area contributed by atoms with Gasteiger partial charge in [-0.15, -0.1) is 0 Å². The van der Waals surface area contributed by atoms with E-state index >= 15 is 0 Å². The smallest absolute Gasteiger partial charge is 0.339 e. The fourth-order valence-corrected chi connectivity index (χ4v) is 2.67. The molecular weight excluding hydrogens is 294 g/mol. The number of methoxy groups -OCH3 is 1. The zero-order valence-corrected chi connectivity index (χ0v) is 14.1. The first-order valence-electron chi connectivity index (χ1n) is 7.73. The summed E-state index contributed by atoms with van der Waals surface area (Å²) in [7, 11) is 1.59. The van der Waals surface area contributed by atoms with Gasteiger partial charge in [0.1, 0.15) is 5.58 Å². The van der Waals surface area contributed by atoms with Gasteiger partial charge in [0.15, 0.2) is 0 Å². The standard InChI is InChI=1S/C18H23NO4/c1-11-5-6-14-13(3)15(18(21)23-16(14)9-11)7-8-17(20)19-12(2)10-22-4/h5-6,9,12H,7-8,10H2,1-4H3,(H,19,20). The van der Waals surface area contributed by atoms with Crippen LogP contribution in [0.15, 0.2) is 27.4 Å². The second-order valence-corrected chi connectivity index (χ2v) is 5.92. The van der Waals surface area contributed by atoms with E-state index in [0.29, 0.717) is 24.2 Å². The number of nitrogens with one attached hydrogen (secondary N) is 1. The van der Waals surface area contributed by atoms with Gasteiger partial charge in [-0.2, -0.15) is 0 Å². The molecule has 23 heavy (non-hydrogen) atoms. The quantitative estimate of drug-likeness (QED) is 0.831. The molecule has 0 bridgehead atoms. The van der Waals surface area contributed by atoms with E-state index in [9.17, 15) is 9.59 Å². The van der Waals surface area contributed by atoms with Crippen molar-refractivity contribution in [3.63, 3.8) is 0 Å². The Morgan fingerprint density at radius 2 is 2.09 bits per heavy atom.